The quantitative estimate of drug-likeness (QED) is 0.814. The van der Waals surface area contributed by atoms with Gasteiger partial charge in [0.2, 0.25) is 0 Å². The van der Waals surface area contributed by atoms with Gasteiger partial charge >= 0.3 is 5.97 Å². The monoisotopic (exact) mass is 283 g/mol. The van der Waals surface area contributed by atoms with Crippen LogP contribution in [0.15, 0.2) is 16.7 Å². The molecule has 1 saturated carbocycles. The van der Waals surface area contributed by atoms with E-state index in [1.54, 1.807) is 6.07 Å². The molecule has 0 aromatic carbocycles. The maximum Gasteiger partial charge on any atom is 0.341 e. The van der Waals surface area contributed by atoms with Gasteiger partial charge in [-0.05, 0) is 31.1 Å². The minimum absolute atomic E-state index is 0.352. The van der Waals surface area contributed by atoms with Crippen molar-refractivity contribution in [2.45, 2.75) is 44.0 Å². The Labute approximate surface area is 118 Å². The van der Waals surface area contributed by atoms with Gasteiger partial charge in [0.15, 0.2) is 0 Å². The largest absolute Gasteiger partial charge is 0.467 e. The molecule has 0 radical (unpaired) electrons. The number of hydrogen-bond donors (Lipinski definition) is 1. The topological polar surface area (TPSA) is 51.5 Å². The molecule has 0 saturated heterocycles. The fourth-order valence-corrected chi connectivity index (χ4v) is 3.60. The maximum absolute atomic E-state index is 11.3. The molecule has 0 aliphatic heterocycles. The molecule has 2 rings (SSSR count). The predicted molar refractivity (Wildman–Crippen MR) is 76.4 cm³/mol. The summed E-state index contributed by atoms with van der Waals surface area (Å²) in [5.74, 6) is 1.63. The fraction of sp³-hybridized carbons (Fsp3) is 0.643. The number of nitrogens with one attached hydrogen (secondary N) is 1. The molecule has 1 N–H and O–H groups in total. The average Bonchev–Trinajstić information content (AvgIpc) is 3.05. The SMILES string of the molecule is CCSC1CCC(NCc2cc(C(=O)OC)co2)C1. The molecule has 1 heterocycles. The number of thioether (sulfide) groups is 1. The number of methoxy groups -OCH3 is 1. The lowest BCUT2D eigenvalue weighted by Gasteiger charge is -2.11. The van der Waals surface area contributed by atoms with Gasteiger partial charge in [-0.1, -0.05) is 6.92 Å². The molecule has 19 heavy (non-hydrogen) atoms. The number of hydrogen-bond acceptors (Lipinski definition) is 5. The second-order valence-corrected chi connectivity index (χ2v) is 6.34. The highest BCUT2D eigenvalue weighted by Crippen LogP contribution is 2.29. The molecule has 2 atom stereocenters. The van der Waals surface area contributed by atoms with Crippen LogP contribution >= 0.6 is 11.8 Å². The molecule has 106 valence electrons. The van der Waals surface area contributed by atoms with E-state index in [2.05, 4.69) is 28.7 Å². The Morgan fingerprint density at radius 1 is 1.58 bits per heavy atom. The van der Waals surface area contributed by atoms with Crippen LogP contribution in [-0.4, -0.2) is 30.1 Å². The summed E-state index contributed by atoms with van der Waals surface area (Å²) in [5.41, 5.74) is 0.477. The summed E-state index contributed by atoms with van der Waals surface area (Å²) in [7, 11) is 1.37. The van der Waals surface area contributed by atoms with Crippen molar-refractivity contribution in [3.05, 3.63) is 23.7 Å². The normalized spacial score (nSPS) is 22.6. The number of carbonyl (C=O) groups excluding carboxylic acids is 1. The van der Waals surface area contributed by atoms with E-state index in [0.717, 1.165) is 11.0 Å². The summed E-state index contributed by atoms with van der Waals surface area (Å²) in [5, 5.41) is 4.29. The van der Waals surface area contributed by atoms with E-state index in [1.165, 1.54) is 38.4 Å². The molecular weight excluding hydrogens is 262 g/mol. The van der Waals surface area contributed by atoms with Crippen molar-refractivity contribution in [1.29, 1.82) is 0 Å². The zero-order chi connectivity index (χ0) is 13.7. The molecule has 0 amide bonds. The van der Waals surface area contributed by atoms with Crippen LogP contribution in [0.25, 0.3) is 0 Å². The molecule has 2 unspecified atom stereocenters. The van der Waals surface area contributed by atoms with Gasteiger partial charge in [0.05, 0.1) is 19.2 Å². The zero-order valence-corrected chi connectivity index (χ0v) is 12.3. The van der Waals surface area contributed by atoms with Gasteiger partial charge < -0.3 is 14.5 Å². The van der Waals surface area contributed by atoms with Crippen molar-refractivity contribution in [1.82, 2.24) is 5.32 Å². The zero-order valence-electron chi connectivity index (χ0n) is 11.5. The second-order valence-electron chi connectivity index (χ2n) is 4.76. The first-order chi connectivity index (χ1) is 9.22. The first-order valence-corrected chi connectivity index (χ1v) is 7.78. The summed E-state index contributed by atoms with van der Waals surface area (Å²) >= 11 is 2.05. The van der Waals surface area contributed by atoms with Crippen molar-refractivity contribution < 1.29 is 13.9 Å². The number of furan rings is 1. The van der Waals surface area contributed by atoms with E-state index in [-0.39, 0.29) is 5.97 Å². The lowest BCUT2D eigenvalue weighted by atomic mass is 10.2. The van der Waals surface area contributed by atoms with Crippen molar-refractivity contribution in [3.8, 4) is 0 Å². The van der Waals surface area contributed by atoms with Crippen LogP contribution in [0, 0.1) is 0 Å². The van der Waals surface area contributed by atoms with E-state index in [0.29, 0.717) is 18.2 Å². The first kappa shape index (κ1) is 14.5. The molecular formula is C14H21NO3S. The molecule has 4 nitrogen and oxygen atoms in total. The third kappa shape index (κ3) is 4.01. The Kier molecular flexibility index (Phi) is 5.34. The highest BCUT2D eigenvalue weighted by Gasteiger charge is 2.24. The second kappa shape index (κ2) is 7.01. The fourth-order valence-electron chi connectivity index (χ4n) is 2.46. The van der Waals surface area contributed by atoms with Crippen LogP contribution in [0.3, 0.4) is 0 Å². The number of ether oxygens (including phenoxy) is 1. The van der Waals surface area contributed by atoms with Gasteiger partial charge in [-0.3, -0.25) is 0 Å². The van der Waals surface area contributed by atoms with Crippen LogP contribution < -0.4 is 5.32 Å². The van der Waals surface area contributed by atoms with Crippen LogP contribution in [0.2, 0.25) is 0 Å². The van der Waals surface area contributed by atoms with Gasteiger partial charge in [0, 0.05) is 11.3 Å². The van der Waals surface area contributed by atoms with Crippen molar-refractivity contribution in [2.24, 2.45) is 0 Å². The Morgan fingerprint density at radius 3 is 3.16 bits per heavy atom. The molecule has 5 heteroatoms. The Hall–Kier alpha value is -0.940. The Morgan fingerprint density at radius 2 is 2.42 bits per heavy atom. The summed E-state index contributed by atoms with van der Waals surface area (Å²) in [6, 6.07) is 2.31. The minimum Gasteiger partial charge on any atom is -0.467 e. The third-order valence-corrected chi connectivity index (χ3v) is 4.66. The highest BCUT2D eigenvalue weighted by molar-refractivity contribution is 7.99. The highest BCUT2D eigenvalue weighted by atomic mass is 32.2. The van der Waals surface area contributed by atoms with Crippen molar-refractivity contribution >= 4 is 17.7 Å². The summed E-state index contributed by atoms with van der Waals surface area (Å²) in [6.45, 7) is 2.88. The van der Waals surface area contributed by atoms with Gasteiger partial charge in [0.1, 0.15) is 12.0 Å². The lowest BCUT2D eigenvalue weighted by Crippen LogP contribution is -2.25. The number of carbonyl (C=O) groups is 1. The number of rotatable bonds is 6. The van der Waals surface area contributed by atoms with E-state index in [1.807, 2.05) is 0 Å². The van der Waals surface area contributed by atoms with Crippen LogP contribution in [0.5, 0.6) is 0 Å². The predicted octanol–water partition coefficient (Wildman–Crippen LogP) is 2.83. The van der Waals surface area contributed by atoms with Crippen LogP contribution in [0.4, 0.5) is 0 Å². The van der Waals surface area contributed by atoms with E-state index >= 15 is 0 Å². The maximum atomic E-state index is 11.3. The van der Waals surface area contributed by atoms with E-state index in [4.69, 9.17) is 4.42 Å². The molecule has 1 aromatic rings. The minimum atomic E-state index is -0.352. The molecule has 0 bridgehead atoms. The molecule has 0 spiro atoms. The summed E-state index contributed by atoms with van der Waals surface area (Å²) < 4.78 is 10.00. The standard InChI is InChI=1S/C14H21NO3S/c1-3-19-13-5-4-11(7-13)15-8-12-6-10(9-18-12)14(16)17-2/h6,9,11,13,15H,3-5,7-8H2,1-2H3. The van der Waals surface area contributed by atoms with Crippen LogP contribution in [0.1, 0.15) is 42.3 Å². The van der Waals surface area contributed by atoms with Gasteiger partial charge in [-0.15, -0.1) is 0 Å². The third-order valence-electron chi connectivity index (χ3n) is 3.43. The summed E-state index contributed by atoms with van der Waals surface area (Å²) in [4.78, 5) is 11.3. The molecule has 1 aliphatic rings. The van der Waals surface area contributed by atoms with Crippen LogP contribution in [-0.2, 0) is 11.3 Å². The molecule has 1 aromatic heterocycles. The summed E-state index contributed by atoms with van der Waals surface area (Å²) in [6.07, 6.45) is 5.19. The Bertz CT molecular complexity index is 419. The van der Waals surface area contributed by atoms with Gasteiger partial charge in [0.25, 0.3) is 0 Å². The van der Waals surface area contributed by atoms with E-state index < -0.39 is 0 Å². The smallest absolute Gasteiger partial charge is 0.341 e. The van der Waals surface area contributed by atoms with Crippen molar-refractivity contribution in [2.75, 3.05) is 12.9 Å². The first-order valence-electron chi connectivity index (χ1n) is 6.73. The average molecular weight is 283 g/mol. The molecule has 1 fully saturated rings. The van der Waals surface area contributed by atoms with Gasteiger partial charge in [-0.25, -0.2) is 4.79 Å². The van der Waals surface area contributed by atoms with E-state index in [9.17, 15) is 4.79 Å². The number of esters is 1. The lowest BCUT2D eigenvalue weighted by molar-refractivity contribution is 0.0600. The molecule has 1 aliphatic carbocycles. The Balaban J connectivity index is 1.77. The van der Waals surface area contributed by atoms with Crippen molar-refractivity contribution in [3.63, 3.8) is 0 Å². The van der Waals surface area contributed by atoms with Gasteiger partial charge in [-0.2, -0.15) is 11.8 Å².